The number of hydrogen-bond donors (Lipinski definition) is 1. The fourth-order valence-corrected chi connectivity index (χ4v) is 10.2. The quantitative estimate of drug-likeness (QED) is 0.227. The molecule has 1 saturated heterocycles. The molecular formula is C36H32Cl2FN5O3. The van der Waals surface area contributed by atoms with Crippen LogP contribution < -0.4 is 5.32 Å². The van der Waals surface area contributed by atoms with Gasteiger partial charge in [0, 0.05) is 47.2 Å². The molecule has 240 valence electrons. The van der Waals surface area contributed by atoms with Crippen molar-refractivity contribution in [2.45, 2.75) is 63.1 Å². The standard InChI is InChI=1S/C35H28Cl2FN5O3.CH4/c1-46-31(44)18-5-8-25-24(11-18)40-30-27-26(9-10-42(25)30)43(17-34-13-33(14-34,15-34)16-39)35(28(27)20-3-2-4-22(37)29(20)38)21-7-6-19(36)12-23(21)41-32(35)45;/h2-8,11-12,26-28H,9-10,13-15,17H2,1H3,(H,41,45);1H4/t26-,27+,28-,33?,34?,35+;/m0./s1. The van der Waals surface area contributed by atoms with Gasteiger partial charge in [0.1, 0.15) is 17.2 Å². The number of imidazole rings is 1. The number of carbonyl (C=O) groups is 2. The predicted octanol–water partition coefficient (Wildman–Crippen LogP) is 7.40. The number of likely N-dealkylation sites (tertiary alicyclic amines) is 1. The Bertz CT molecular complexity index is 2070. The van der Waals surface area contributed by atoms with Crippen molar-refractivity contribution in [3.8, 4) is 6.07 Å². The number of carbonyl (C=O) groups excluding carboxylic acids is 2. The van der Waals surface area contributed by atoms with Crippen LogP contribution in [-0.2, 0) is 21.6 Å². The average Bonchev–Trinajstić information content (AvgIpc) is 3.62. The molecule has 47 heavy (non-hydrogen) atoms. The molecule has 1 aromatic heterocycles. The Morgan fingerprint density at radius 1 is 1.17 bits per heavy atom. The van der Waals surface area contributed by atoms with Crippen LogP contribution in [0, 0.1) is 28.0 Å². The van der Waals surface area contributed by atoms with Crippen molar-refractivity contribution in [1.82, 2.24) is 14.5 Å². The lowest BCUT2D eigenvalue weighted by Crippen LogP contribution is -2.67. The summed E-state index contributed by atoms with van der Waals surface area (Å²) in [7, 11) is 1.34. The molecule has 0 radical (unpaired) electrons. The molecule has 3 aliphatic carbocycles. The number of aryl methyl sites for hydroxylation is 1. The van der Waals surface area contributed by atoms with Crippen molar-refractivity contribution >= 4 is 51.8 Å². The first-order chi connectivity index (χ1) is 22.1. The third kappa shape index (κ3) is 3.81. The number of nitrogens with one attached hydrogen (secondary N) is 1. The molecule has 3 saturated carbocycles. The molecule has 1 amide bonds. The number of halogens is 3. The number of ether oxygens (including phenoxy) is 1. The van der Waals surface area contributed by atoms with Gasteiger partial charge in [-0.3, -0.25) is 9.69 Å². The van der Waals surface area contributed by atoms with E-state index < -0.39 is 29.2 Å². The van der Waals surface area contributed by atoms with Crippen LogP contribution in [0.15, 0.2) is 54.6 Å². The summed E-state index contributed by atoms with van der Waals surface area (Å²) in [6.07, 6.45) is 3.07. The number of anilines is 1. The van der Waals surface area contributed by atoms with Gasteiger partial charge < -0.3 is 14.6 Å². The molecule has 11 heteroatoms. The summed E-state index contributed by atoms with van der Waals surface area (Å²) in [6.45, 7) is 1.23. The highest BCUT2D eigenvalue weighted by molar-refractivity contribution is 6.31. The fourth-order valence-electron chi connectivity index (χ4n) is 9.87. The highest BCUT2D eigenvalue weighted by Gasteiger charge is 2.74. The minimum atomic E-state index is -1.29. The van der Waals surface area contributed by atoms with Crippen molar-refractivity contribution in [2.75, 3.05) is 19.0 Å². The number of benzene rings is 3. The van der Waals surface area contributed by atoms with E-state index in [9.17, 15) is 14.9 Å². The van der Waals surface area contributed by atoms with Gasteiger partial charge in [0.2, 0.25) is 5.91 Å². The monoisotopic (exact) mass is 671 g/mol. The van der Waals surface area contributed by atoms with Gasteiger partial charge in [-0.25, -0.2) is 14.2 Å². The highest BCUT2D eigenvalue weighted by Crippen LogP contribution is 2.75. The zero-order valence-corrected chi connectivity index (χ0v) is 26.3. The smallest absolute Gasteiger partial charge is 0.337 e. The third-order valence-corrected chi connectivity index (χ3v) is 11.9. The SMILES string of the molecule is C.COC(=O)c1ccc2c(c1)nc1n2CC[C@H]2[C@@H]1[C@H](c1cccc(Cl)c1F)[C@]1(C(=O)Nc3cc(Cl)ccc31)N2CC12CC(C#N)(C1)C2. The molecule has 1 spiro atoms. The van der Waals surface area contributed by atoms with Gasteiger partial charge in [0.25, 0.3) is 0 Å². The van der Waals surface area contributed by atoms with Crippen LogP contribution in [0.2, 0.25) is 10.0 Å². The minimum Gasteiger partial charge on any atom is -0.465 e. The van der Waals surface area contributed by atoms with Gasteiger partial charge in [-0.1, -0.05) is 48.8 Å². The maximum Gasteiger partial charge on any atom is 0.337 e. The van der Waals surface area contributed by atoms with Gasteiger partial charge in [-0.15, -0.1) is 0 Å². The van der Waals surface area contributed by atoms with Crippen LogP contribution in [0.3, 0.4) is 0 Å². The number of amides is 1. The maximum atomic E-state index is 16.4. The van der Waals surface area contributed by atoms with E-state index in [4.69, 9.17) is 32.9 Å². The minimum absolute atomic E-state index is 0. The van der Waals surface area contributed by atoms with Crippen molar-refractivity contribution in [3.05, 3.63) is 93.0 Å². The Balaban J connectivity index is 0.00000324. The van der Waals surface area contributed by atoms with Crippen molar-refractivity contribution in [3.63, 3.8) is 0 Å². The Kier molecular flexibility index (Phi) is 6.47. The van der Waals surface area contributed by atoms with Crippen molar-refractivity contribution in [2.24, 2.45) is 10.8 Å². The lowest BCUT2D eigenvalue weighted by molar-refractivity contribution is -0.188. The first kappa shape index (κ1) is 30.4. The second kappa shape index (κ2) is 10.0. The lowest BCUT2D eigenvalue weighted by atomic mass is 9.35. The molecule has 10 rings (SSSR count). The Morgan fingerprint density at radius 3 is 2.70 bits per heavy atom. The van der Waals surface area contributed by atoms with E-state index in [1.807, 2.05) is 12.1 Å². The summed E-state index contributed by atoms with van der Waals surface area (Å²) in [5.41, 5.74) is 1.94. The fraction of sp³-hybridized carbons (Fsp3) is 0.389. The van der Waals surface area contributed by atoms with E-state index in [0.717, 1.165) is 36.2 Å². The molecule has 4 aromatic rings. The molecule has 3 aromatic carbocycles. The van der Waals surface area contributed by atoms with E-state index in [2.05, 4.69) is 20.9 Å². The number of aromatic nitrogens is 2. The zero-order chi connectivity index (χ0) is 31.7. The first-order valence-corrected chi connectivity index (χ1v) is 16.2. The molecule has 3 aliphatic heterocycles. The topological polar surface area (TPSA) is 100 Å². The van der Waals surface area contributed by atoms with Gasteiger partial charge >= 0.3 is 5.97 Å². The van der Waals surface area contributed by atoms with Gasteiger partial charge in [0.15, 0.2) is 0 Å². The summed E-state index contributed by atoms with van der Waals surface area (Å²) in [5.74, 6) is -1.62. The normalized spacial score (nSPS) is 31.1. The number of nitriles is 1. The van der Waals surface area contributed by atoms with Gasteiger partial charge in [0.05, 0.1) is 40.2 Å². The molecule has 0 unspecified atom stereocenters. The predicted molar refractivity (Wildman–Crippen MR) is 176 cm³/mol. The van der Waals surface area contributed by atoms with E-state index in [-0.39, 0.29) is 35.2 Å². The molecule has 4 fully saturated rings. The Morgan fingerprint density at radius 2 is 1.96 bits per heavy atom. The van der Waals surface area contributed by atoms with E-state index in [1.165, 1.54) is 13.2 Å². The molecule has 2 bridgehead atoms. The van der Waals surface area contributed by atoms with Crippen LogP contribution in [0.25, 0.3) is 11.0 Å². The van der Waals surface area contributed by atoms with Crippen molar-refractivity contribution < 1.29 is 18.7 Å². The summed E-state index contributed by atoms with van der Waals surface area (Å²) in [5, 5.41) is 13.4. The number of hydrogen-bond acceptors (Lipinski definition) is 6. The summed E-state index contributed by atoms with van der Waals surface area (Å²) in [6, 6.07) is 18.1. The van der Waals surface area contributed by atoms with Gasteiger partial charge in [-0.2, -0.15) is 5.26 Å². The van der Waals surface area contributed by atoms with E-state index in [0.29, 0.717) is 46.9 Å². The third-order valence-electron chi connectivity index (χ3n) is 11.4. The molecular weight excluding hydrogens is 640 g/mol. The second-order valence-electron chi connectivity index (χ2n) is 13.8. The molecule has 8 nitrogen and oxygen atoms in total. The maximum absolute atomic E-state index is 16.4. The number of rotatable bonds is 4. The average molecular weight is 673 g/mol. The number of fused-ring (bicyclic) bond motifs is 7. The molecule has 4 atom stereocenters. The Hall–Kier alpha value is -3.97. The lowest BCUT2D eigenvalue weighted by Gasteiger charge is -2.69. The number of esters is 1. The molecule has 4 heterocycles. The van der Waals surface area contributed by atoms with E-state index in [1.54, 1.807) is 36.4 Å². The van der Waals surface area contributed by atoms with Crippen LogP contribution in [0.5, 0.6) is 0 Å². The largest absolute Gasteiger partial charge is 0.465 e. The van der Waals surface area contributed by atoms with Crippen molar-refractivity contribution in [1.29, 1.82) is 5.26 Å². The first-order valence-electron chi connectivity index (χ1n) is 15.5. The number of methoxy groups -OCH3 is 1. The van der Waals surface area contributed by atoms with Crippen LogP contribution in [0.1, 0.15) is 72.3 Å². The summed E-state index contributed by atoms with van der Waals surface area (Å²) >= 11 is 12.9. The molecule has 1 N–H and O–H groups in total. The number of nitrogens with zero attached hydrogens (tertiary/aromatic N) is 4. The van der Waals surface area contributed by atoms with Crippen LogP contribution in [-0.4, -0.2) is 46.0 Å². The second-order valence-corrected chi connectivity index (χ2v) is 14.6. The molecule has 6 aliphatic rings. The van der Waals surface area contributed by atoms with E-state index >= 15 is 4.39 Å². The summed E-state index contributed by atoms with van der Waals surface area (Å²) < 4.78 is 23.5. The summed E-state index contributed by atoms with van der Waals surface area (Å²) in [4.78, 5) is 34.6. The van der Waals surface area contributed by atoms with Crippen LogP contribution >= 0.6 is 23.2 Å². The van der Waals surface area contributed by atoms with Crippen LogP contribution in [0.4, 0.5) is 10.1 Å². The zero-order valence-electron chi connectivity index (χ0n) is 24.8. The Labute approximate surface area is 281 Å². The van der Waals surface area contributed by atoms with Gasteiger partial charge in [-0.05, 0) is 73.1 Å². The highest BCUT2D eigenvalue weighted by atomic mass is 35.5.